The van der Waals surface area contributed by atoms with Crippen LogP contribution >= 0.6 is 11.6 Å². The number of carboxylic acids is 1. The van der Waals surface area contributed by atoms with Gasteiger partial charge in [-0.3, -0.25) is 4.79 Å². The Morgan fingerprint density at radius 3 is 2.62 bits per heavy atom. The third-order valence-electron chi connectivity index (χ3n) is 4.33. The first-order valence-electron chi connectivity index (χ1n) is 8.10. The van der Waals surface area contributed by atoms with Gasteiger partial charge >= 0.3 is 5.97 Å². The second kappa shape index (κ2) is 7.89. The number of amides is 1. The van der Waals surface area contributed by atoms with E-state index in [-0.39, 0.29) is 19.0 Å². The second-order valence-electron chi connectivity index (χ2n) is 6.10. The van der Waals surface area contributed by atoms with Gasteiger partial charge in [0, 0.05) is 20.1 Å². The lowest BCUT2D eigenvalue weighted by Gasteiger charge is -2.38. The lowest BCUT2D eigenvalue weighted by Crippen LogP contribution is -2.57. The van der Waals surface area contributed by atoms with Crippen LogP contribution < -0.4 is 0 Å². The molecule has 1 aliphatic heterocycles. The number of aromatic carboxylic acids is 1. The molecule has 1 aliphatic rings. The summed E-state index contributed by atoms with van der Waals surface area (Å²) in [5.74, 6) is -2.98. The van der Waals surface area contributed by atoms with E-state index in [1.54, 1.807) is 7.05 Å². The minimum absolute atomic E-state index is 0.00340. The van der Waals surface area contributed by atoms with Crippen molar-refractivity contribution in [3.8, 4) is 0 Å². The zero-order valence-corrected chi connectivity index (χ0v) is 16.0. The van der Waals surface area contributed by atoms with Gasteiger partial charge in [0.2, 0.25) is 15.9 Å². The number of piperazine rings is 1. The van der Waals surface area contributed by atoms with Crippen LogP contribution in [-0.2, 0) is 14.8 Å². The Labute approximate surface area is 156 Å². The van der Waals surface area contributed by atoms with Crippen LogP contribution in [0.1, 0.15) is 36.5 Å². The highest BCUT2D eigenvalue weighted by molar-refractivity contribution is 7.89. The van der Waals surface area contributed by atoms with Crippen molar-refractivity contribution in [3.05, 3.63) is 28.5 Å². The van der Waals surface area contributed by atoms with E-state index in [1.807, 2.05) is 6.92 Å². The summed E-state index contributed by atoms with van der Waals surface area (Å²) in [6.07, 6.45) is 1.69. The topological polar surface area (TPSA) is 95.0 Å². The van der Waals surface area contributed by atoms with Crippen LogP contribution in [0.3, 0.4) is 0 Å². The Hall–Kier alpha value is -1.71. The van der Waals surface area contributed by atoms with E-state index in [9.17, 15) is 22.4 Å². The summed E-state index contributed by atoms with van der Waals surface area (Å²) < 4.78 is 41.3. The number of carbonyl (C=O) groups is 2. The molecule has 0 aliphatic carbocycles. The molecule has 1 atom stereocenters. The van der Waals surface area contributed by atoms with Gasteiger partial charge < -0.3 is 10.0 Å². The first kappa shape index (κ1) is 20.6. The SMILES string of the molecule is CCCCC1C(=O)N(C)CCN1S(=O)(=O)c1cc(C(=O)O)c(Cl)cc1F. The summed E-state index contributed by atoms with van der Waals surface area (Å²) in [4.78, 5) is 24.3. The van der Waals surface area contributed by atoms with Crippen LogP contribution in [-0.4, -0.2) is 60.8 Å². The first-order chi connectivity index (χ1) is 12.1. The molecule has 7 nitrogen and oxygen atoms in total. The Morgan fingerprint density at radius 1 is 1.38 bits per heavy atom. The Kier molecular flexibility index (Phi) is 6.25. The van der Waals surface area contributed by atoms with Gasteiger partial charge in [-0.05, 0) is 18.6 Å². The fourth-order valence-electron chi connectivity index (χ4n) is 2.86. The van der Waals surface area contributed by atoms with E-state index in [4.69, 9.17) is 16.7 Å². The predicted octanol–water partition coefficient (Wildman–Crippen LogP) is 2.20. The van der Waals surface area contributed by atoms with E-state index < -0.39 is 43.3 Å². The van der Waals surface area contributed by atoms with Crippen molar-refractivity contribution >= 4 is 33.5 Å². The van der Waals surface area contributed by atoms with Crippen molar-refractivity contribution in [2.45, 2.75) is 37.1 Å². The van der Waals surface area contributed by atoms with Crippen molar-refractivity contribution in [2.75, 3.05) is 20.1 Å². The first-order valence-corrected chi connectivity index (χ1v) is 9.92. The van der Waals surface area contributed by atoms with Crippen molar-refractivity contribution in [3.63, 3.8) is 0 Å². The number of carboxylic acid groups (broad SMARTS) is 1. The van der Waals surface area contributed by atoms with E-state index in [1.165, 1.54) is 4.90 Å². The van der Waals surface area contributed by atoms with Crippen LogP contribution in [0.4, 0.5) is 4.39 Å². The van der Waals surface area contributed by atoms with Crippen LogP contribution in [0.2, 0.25) is 5.02 Å². The van der Waals surface area contributed by atoms with Crippen LogP contribution in [0, 0.1) is 5.82 Å². The van der Waals surface area contributed by atoms with Crippen molar-refractivity contribution < 1.29 is 27.5 Å². The zero-order chi connectivity index (χ0) is 19.6. The highest BCUT2D eigenvalue weighted by Gasteiger charge is 2.41. The maximum absolute atomic E-state index is 14.3. The van der Waals surface area contributed by atoms with Gasteiger partial charge in [0.1, 0.15) is 16.8 Å². The predicted molar refractivity (Wildman–Crippen MR) is 93.2 cm³/mol. The van der Waals surface area contributed by atoms with E-state index in [2.05, 4.69) is 0 Å². The van der Waals surface area contributed by atoms with Gasteiger partial charge in [0.05, 0.1) is 10.6 Å². The van der Waals surface area contributed by atoms with E-state index >= 15 is 0 Å². The maximum Gasteiger partial charge on any atom is 0.337 e. The number of unbranched alkanes of at least 4 members (excludes halogenated alkanes) is 1. The molecule has 0 bridgehead atoms. The normalized spacial score (nSPS) is 19.0. The molecule has 26 heavy (non-hydrogen) atoms. The van der Waals surface area contributed by atoms with Gasteiger partial charge in [0.15, 0.2) is 0 Å². The number of halogens is 2. The second-order valence-corrected chi connectivity index (χ2v) is 8.37. The summed E-state index contributed by atoms with van der Waals surface area (Å²) in [5, 5.41) is 8.73. The monoisotopic (exact) mass is 406 g/mol. The lowest BCUT2D eigenvalue weighted by molar-refractivity contribution is -0.137. The minimum Gasteiger partial charge on any atom is -0.478 e. The molecular formula is C16H20ClFN2O5S. The molecule has 1 aromatic carbocycles. The van der Waals surface area contributed by atoms with Crippen LogP contribution in [0.15, 0.2) is 17.0 Å². The number of carbonyl (C=O) groups excluding carboxylic acids is 1. The molecule has 1 amide bonds. The van der Waals surface area contributed by atoms with Crippen LogP contribution in [0.5, 0.6) is 0 Å². The molecular weight excluding hydrogens is 387 g/mol. The molecule has 1 heterocycles. The van der Waals surface area contributed by atoms with Gasteiger partial charge in [0.25, 0.3) is 0 Å². The quantitative estimate of drug-likeness (QED) is 0.781. The number of hydrogen-bond donors (Lipinski definition) is 1. The smallest absolute Gasteiger partial charge is 0.337 e. The van der Waals surface area contributed by atoms with Gasteiger partial charge in [-0.1, -0.05) is 31.4 Å². The molecule has 1 N–H and O–H groups in total. The van der Waals surface area contributed by atoms with E-state index in [0.29, 0.717) is 25.0 Å². The molecule has 144 valence electrons. The average Bonchev–Trinajstić information content (AvgIpc) is 2.55. The summed E-state index contributed by atoms with van der Waals surface area (Å²) in [7, 11) is -2.83. The molecule has 0 spiro atoms. The molecule has 2 rings (SSSR count). The molecule has 1 fully saturated rings. The standard InChI is InChI=1S/C16H20ClFN2O5S/c1-3-4-5-13-15(21)19(2)6-7-20(13)26(24,25)14-8-10(16(22)23)11(17)9-12(14)18/h8-9,13H,3-7H2,1-2H3,(H,22,23). The lowest BCUT2D eigenvalue weighted by atomic mass is 10.1. The molecule has 1 aromatic rings. The number of likely N-dealkylation sites (N-methyl/N-ethyl adjacent to an activating group) is 1. The number of benzene rings is 1. The van der Waals surface area contributed by atoms with Crippen molar-refractivity contribution in [1.82, 2.24) is 9.21 Å². The molecule has 0 saturated carbocycles. The summed E-state index contributed by atoms with van der Waals surface area (Å²) in [6.45, 7) is 2.08. The largest absolute Gasteiger partial charge is 0.478 e. The number of nitrogens with zero attached hydrogens (tertiary/aromatic N) is 2. The zero-order valence-electron chi connectivity index (χ0n) is 14.4. The number of sulfonamides is 1. The highest BCUT2D eigenvalue weighted by Crippen LogP contribution is 2.29. The molecule has 0 radical (unpaired) electrons. The number of rotatable bonds is 6. The third kappa shape index (κ3) is 3.84. The van der Waals surface area contributed by atoms with Gasteiger partial charge in [-0.25, -0.2) is 17.6 Å². The molecule has 1 unspecified atom stereocenters. The van der Waals surface area contributed by atoms with Gasteiger partial charge in [-0.15, -0.1) is 0 Å². The fraction of sp³-hybridized carbons (Fsp3) is 0.500. The molecule has 1 saturated heterocycles. The minimum atomic E-state index is -4.41. The van der Waals surface area contributed by atoms with Gasteiger partial charge in [-0.2, -0.15) is 4.31 Å². The Balaban J connectivity index is 2.52. The number of hydrogen-bond acceptors (Lipinski definition) is 4. The maximum atomic E-state index is 14.3. The average molecular weight is 407 g/mol. The Morgan fingerprint density at radius 2 is 2.04 bits per heavy atom. The van der Waals surface area contributed by atoms with E-state index in [0.717, 1.165) is 10.7 Å². The fourth-order valence-corrected chi connectivity index (χ4v) is 4.77. The van der Waals surface area contributed by atoms with Crippen molar-refractivity contribution in [1.29, 1.82) is 0 Å². The van der Waals surface area contributed by atoms with Crippen molar-refractivity contribution in [2.24, 2.45) is 0 Å². The molecule has 0 aromatic heterocycles. The Bertz CT molecular complexity index is 830. The summed E-state index contributed by atoms with van der Waals surface area (Å²) in [5.41, 5.74) is -0.516. The molecule has 10 heteroatoms. The third-order valence-corrected chi connectivity index (χ3v) is 6.57. The highest BCUT2D eigenvalue weighted by atomic mass is 35.5. The van der Waals surface area contributed by atoms with Crippen LogP contribution in [0.25, 0.3) is 0 Å². The summed E-state index contributed by atoms with van der Waals surface area (Å²) >= 11 is 5.68. The summed E-state index contributed by atoms with van der Waals surface area (Å²) in [6, 6.07) is 0.424.